The monoisotopic (exact) mass is 449 g/mol. The van der Waals surface area contributed by atoms with Crippen molar-refractivity contribution in [3.63, 3.8) is 0 Å². The molecule has 0 aliphatic rings. The van der Waals surface area contributed by atoms with E-state index in [2.05, 4.69) is 10.6 Å². The Bertz CT molecular complexity index is 1150. The van der Waals surface area contributed by atoms with E-state index in [1.807, 2.05) is 0 Å². The molecule has 3 rings (SSSR count). The predicted molar refractivity (Wildman–Crippen MR) is 119 cm³/mol. The minimum absolute atomic E-state index is 0.0166. The number of halogens is 1. The van der Waals surface area contributed by atoms with Gasteiger partial charge in [0.1, 0.15) is 11.4 Å². The van der Waals surface area contributed by atoms with E-state index in [1.165, 1.54) is 37.5 Å². The number of carbonyl (C=O) groups is 3. The van der Waals surface area contributed by atoms with Crippen LogP contribution in [-0.2, 0) is 4.79 Å². The average Bonchev–Trinajstić information content (AvgIpc) is 2.80. The van der Waals surface area contributed by atoms with E-state index in [0.29, 0.717) is 27.6 Å². The normalized spacial score (nSPS) is 10.9. The number of anilines is 1. The number of ether oxygens (including phenoxy) is 1. The molecule has 162 valence electrons. The Labute approximate surface area is 189 Å². The fourth-order valence-electron chi connectivity index (χ4n) is 2.71. The summed E-state index contributed by atoms with van der Waals surface area (Å²) in [6.45, 7) is 0. The van der Waals surface area contributed by atoms with E-state index in [4.69, 9.17) is 16.3 Å². The van der Waals surface area contributed by atoms with Crippen molar-refractivity contribution in [1.29, 1.82) is 0 Å². The Morgan fingerprint density at radius 1 is 0.875 bits per heavy atom. The second-order valence-corrected chi connectivity index (χ2v) is 7.05. The van der Waals surface area contributed by atoms with Crippen molar-refractivity contribution in [1.82, 2.24) is 5.32 Å². The average molecular weight is 450 g/mol. The maximum Gasteiger partial charge on any atom is 0.272 e. The van der Waals surface area contributed by atoms with Crippen LogP contribution in [0.25, 0.3) is 6.08 Å². The van der Waals surface area contributed by atoms with Gasteiger partial charge in [-0.25, -0.2) is 0 Å². The quantitative estimate of drug-likeness (QED) is 0.539. The lowest BCUT2D eigenvalue weighted by molar-refractivity contribution is -0.255. The predicted octanol–water partition coefficient (Wildman–Crippen LogP) is 3.12. The Morgan fingerprint density at radius 3 is 2.03 bits per heavy atom. The van der Waals surface area contributed by atoms with Crippen molar-refractivity contribution in [3.05, 3.63) is 100 Å². The number of nitrogens with one attached hydrogen (secondary N) is 2. The molecule has 0 fully saturated rings. The minimum atomic E-state index is -1.32. The summed E-state index contributed by atoms with van der Waals surface area (Å²) in [6, 6.07) is 18.6. The lowest BCUT2D eigenvalue weighted by atomic mass is 10.1. The third-order valence-corrected chi connectivity index (χ3v) is 4.66. The zero-order valence-corrected chi connectivity index (χ0v) is 17.7. The molecular formula is C24H18ClN2O5-. The zero-order chi connectivity index (χ0) is 23.1. The molecule has 0 unspecified atom stereocenters. The number of rotatable bonds is 7. The van der Waals surface area contributed by atoms with Gasteiger partial charge in [0.25, 0.3) is 11.8 Å². The molecule has 8 heteroatoms. The third kappa shape index (κ3) is 5.96. The number of amides is 2. The maximum atomic E-state index is 12.9. The Balaban J connectivity index is 1.85. The highest BCUT2D eigenvalue weighted by Gasteiger charge is 2.15. The van der Waals surface area contributed by atoms with Crippen LogP contribution in [0.2, 0.25) is 5.02 Å². The van der Waals surface area contributed by atoms with Crippen molar-refractivity contribution in [3.8, 4) is 5.75 Å². The van der Waals surface area contributed by atoms with Crippen LogP contribution in [0.5, 0.6) is 5.75 Å². The van der Waals surface area contributed by atoms with Crippen LogP contribution in [0, 0.1) is 0 Å². The molecule has 0 aliphatic carbocycles. The van der Waals surface area contributed by atoms with Crippen molar-refractivity contribution < 1.29 is 24.2 Å². The van der Waals surface area contributed by atoms with Gasteiger partial charge in [0, 0.05) is 16.3 Å². The van der Waals surface area contributed by atoms with Crippen molar-refractivity contribution in [2.45, 2.75) is 0 Å². The van der Waals surface area contributed by atoms with Crippen LogP contribution in [0.4, 0.5) is 5.69 Å². The summed E-state index contributed by atoms with van der Waals surface area (Å²) in [6.07, 6.45) is 1.50. The molecule has 0 saturated heterocycles. The SMILES string of the molecule is COc1ccc(C(=O)N/C(=C/c2ccc(Cl)cc2)C(=O)Nc2ccc(C(=O)[O-])cc2)cc1. The fourth-order valence-corrected chi connectivity index (χ4v) is 2.84. The summed E-state index contributed by atoms with van der Waals surface area (Å²) in [7, 11) is 1.52. The lowest BCUT2D eigenvalue weighted by Crippen LogP contribution is -2.30. The van der Waals surface area contributed by atoms with Gasteiger partial charge in [0.05, 0.1) is 13.1 Å². The van der Waals surface area contributed by atoms with E-state index in [0.717, 1.165) is 0 Å². The minimum Gasteiger partial charge on any atom is -0.545 e. The molecule has 0 heterocycles. The number of hydrogen-bond donors (Lipinski definition) is 2. The van der Waals surface area contributed by atoms with E-state index < -0.39 is 17.8 Å². The summed E-state index contributed by atoms with van der Waals surface area (Å²) in [5.74, 6) is -1.81. The lowest BCUT2D eigenvalue weighted by Gasteiger charge is -2.12. The van der Waals surface area contributed by atoms with E-state index >= 15 is 0 Å². The summed E-state index contributed by atoms with van der Waals surface area (Å²) >= 11 is 5.92. The molecule has 0 aliphatic heterocycles. The summed E-state index contributed by atoms with van der Waals surface area (Å²) in [5.41, 5.74) is 1.28. The smallest absolute Gasteiger partial charge is 0.272 e. The molecule has 32 heavy (non-hydrogen) atoms. The van der Waals surface area contributed by atoms with Gasteiger partial charge in [-0.05, 0) is 65.7 Å². The highest BCUT2D eigenvalue weighted by molar-refractivity contribution is 6.30. The molecule has 2 amide bonds. The number of carboxylic acid groups (broad SMARTS) is 1. The Hall–Kier alpha value is -4.10. The first kappa shape index (κ1) is 22.6. The third-order valence-electron chi connectivity index (χ3n) is 4.40. The molecule has 0 spiro atoms. The highest BCUT2D eigenvalue weighted by atomic mass is 35.5. The van der Waals surface area contributed by atoms with Crippen molar-refractivity contribution >= 4 is 41.1 Å². The first-order valence-electron chi connectivity index (χ1n) is 9.41. The maximum absolute atomic E-state index is 12.9. The topological polar surface area (TPSA) is 108 Å². The summed E-state index contributed by atoms with van der Waals surface area (Å²) in [4.78, 5) is 36.5. The Kier molecular flexibility index (Phi) is 7.25. The molecular weight excluding hydrogens is 432 g/mol. The van der Waals surface area contributed by atoms with Crippen molar-refractivity contribution in [2.75, 3.05) is 12.4 Å². The van der Waals surface area contributed by atoms with Gasteiger partial charge < -0.3 is 25.3 Å². The zero-order valence-electron chi connectivity index (χ0n) is 16.9. The van der Waals surface area contributed by atoms with Gasteiger partial charge in [-0.15, -0.1) is 0 Å². The van der Waals surface area contributed by atoms with Crippen LogP contribution >= 0.6 is 11.6 Å². The molecule has 0 saturated carbocycles. The molecule has 7 nitrogen and oxygen atoms in total. The molecule has 0 atom stereocenters. The van der Waals surface area contributed by atoms with E-state index in [-0.39, 0.29) is 11.3 Å². The highest BCUT2D eigenvalue weighted by Crippen LogP contribution is 2.16. The van der Waals surface area contributed by atoms with Crippen LogP contribution in [0.3, 0.4) is 0 Å². The van der Waals surface area contributed by atoms with Crippen LogP contribution in [0.15, 0.2) is 78.5 Å². The second kappa shape index (κ2) is 10.3. The first-order valence-corrected chi connectivity index (χ1v) is 9.79. The molecule has 0 radical (unpaired) electrons. The molecule has 0 bridgehead atoms. The number of methoxy groups -OCH3 is 1. The number of carboxylic acids is 1. The second-order valence-electron chi connectivity index (χ2n) is 6.61. The van der Waals surface area contributed by atoms with Gasteiger partial charge in [-0.1, -0.05) is 35.9 Å². The van der Waals surface area contributed by atoms with Gasteiger partial charge in [-0.3, -0.25) is 9.59 Å². The van der Waals surface area contributed by atoms with Crippen LogP contribution < -0.4 is 20.5 Å². The fraction of sp³-hybridized carbons (Fsp3) is 0.0417. The molecule has 0 aromatic heterocycles. The summed E-state index contributed by atoms with van der Waals surface area (Å²) in [5, 5.41) is 16.7. The van der Waals surface area contributed by atoms with Gasteiger partial charge >= 0.3 is 0 Å². The number of aromatic carboxylic acids is 1. The first-order chi connectivity index (χ1) is 15.4. The van der Waals surface area contributed by atoms with Gasteiger partial charge in [0.2, 0.25) is 0 Å². The van der Waals surface area contributed by atoms with E-state index in [1.54, 1.807) is 48.5 Å². The number of benzene rings is 3. The van der Waals surface area contributed by atoms with Gasteiger partial charge in [-0.2, -0.15) is 0 Å². The Morgan fingerprint density at radius 2 is 1.47 bits per heavy atom. The van der Waals surface area contributed by atoms with Crippen LogP contribution in [-0.4, -0.2) is 24.9 Å². The molecule has 3 aromatic carbocycles. The van der Waals surface area contributed by atoms with Crippen LogP contribution in [0.1, 0.15) is 26.3 Å². The largest absolute Gasteiger partial charge is 0.545 e. The van der Waals surface area contributed by atoms with E-state index in [9.17, 15) is 19.5 Å². The number of hydrogen-bond acceptors (Lipinski definition) is 5. The van der Waals surface area contributed by atoms with Gasteiger partial charge in [0.15, 0.2) is 0 Å². The standard InChI is InChI=1S/C24H19ClN2O5/c1-32-20-12-6-16(7-13-20)22(28)27-21(14-15-2-8-18(25)9-3-15)23(29)26-19-10-4-17(5-11-19)24(30)31/h2-14H,1H3,(H,26,29)(H,27,28)(H,30,31)/p-1/b21-14+. The van der Waals surface area contributed by atoms with Crippen molar-refractivity contribution in [2.24, 2.45) is 0 Å². The number of carbonyl (C=O) groups excluding carboxylic acids is 3. The summed E-state index contributed by atoms with van der Waals surface area (Å²) < 4.78 is 5.09. The molecule has 2 N–H and O–H groups in total. The molecule has 3 aromatic rings.